The normalized spacial score (nSPS) is 14.6. The van der Waals surface area contributed by atoms with E-state index in [0.29, 0.717) is 12.8 Å². The minimum absolute atomic E-state index is 0.0798. The molecule has 0 spiro atoms. The molecule has 0 heterocycles. The number of carbonyl (C=O) groups is 2. The van der Waals surface area contributed by atoms with Crippen LogP contribution in [-0.4, -0.2) is 65.7 Å². The quantitative estimate of drug-likeness (QED) is 0.0323. The Morgan fingerprint density at radius 3 is 1.88 bits per heavy atom. The number of esters is 2. The number of hydrogen-bond acceptors (Lipinski definition) is 9. The average molecular weight is 635 g/mol. The number of allylic oxidation sites excluding steroid dienone is 4. The maximum absolute atomic E-state index is 12.4. The van der Waals surface area contributed by atoms with E-state index in [1.54, 1.807) is 0 Å². The van der Waals surface area contributed by atoms with E-state index in [0.717, 1.165) is 32.1 Å². The molecule has 0 saturated carbocycles. The lowest BCUT2D eigenvalue weighted by Crippen LogP contribution is -2.29. The Balaban J connectivity index is 4.54. The van der Waals surface area contributed by atoms with E-state index in [2.05, 4.69) is 30.5 Å². The van der Waals surface area contributed by atoms with Gasteiger partial charge in [-0.05, 0) is 32.1 Å². The van der Waals surface area contributed by atoms with Gasteiger partial charge in [0, 0.05) is 12.8 Å². The third-order valence-corrected chi connectivity index (χ3v) is 7.57. The lowest BCUT2D eigenvalue weighted by Gasteiger charge is -2.20. The summed E-state index contributed by atoms with van der Waals surface area (Å²) in [7, 11) is -4.61. The predicted octanol–water partition coefficient (Wildman–Crippen LogP) is 7.10. The first-order chi connectivity index (χ1) is 20.7. The van der Waals surface area contributed by atoms with Gasteiger partial charge in [0.1, 0.15) is 12.7 Å². The second kappa shape index (κ2) is 29.2. The number of phosphoric ester groups is 1. The van der Waals surface area contributed by atoms with Crippen LogP contribution in [0, 0.1) is 0 Å². The summed E-state index contributed by atoms with van der Waals surface area (Å²) in [6.45, 7) is 2.21. The van der Waals surface area contributed by atoms with Crippen LogP contribution in [0.25, 0.3) is 0 Å². The first-order valence-electron chi connectivity index (χ1n) is 16.3. The van der Waals surface area contributed by atoms with Gasteiger partial charge in [-0.3, -0.25) is 18.6 Å². The maximum atomic E-state index is 12.4. The fraction of sp³-hybridized carbons (Fsp3) is 0.812. The molecule has 0 aliphatic rings. The molecule has 0 radical (unpaired) electrons. The van der Waals surface area contributed by atoms with Gasteiger partial charge in [-0.25, -0.2) is 4.57 Å². The Morgan fingerprint density at radius 2 is 1.26 bits per heavy atom. The van der Waals surface area contributed by atoms with Gasteiger partial charge >= 0.3 is 19.8 Å². The molecule has 11 heteroatoms. The van der Waals surface area contributed by atoms with Crippen LogP contribution < -0.4 is 0 Å². The summed E-state index contributed by atoms with van der Waals surface area (Å²) >= 11 is 0. The highest BCUT2D eigenvalue weighted by Crippen LogP contribution is 2.43. The maximum Gasteiger partial charge on any atom is 0.472 e. The Bertz CT molecular complexity index is 786. The third-order valence-electron chi connectivity index (χ3n) is 6.62. The highest BCUT2D eigenvalue weighted by Gasteiger charge is 2.27. The molecule has 252 valence electrons. The van der Waals surface area contributed by atoms with Crippen LogP contribution in [0.4, 0.5) is 0 Å². The van der Waals surface area contributed by atoms with Crippen LogP contribution in [0.1, 0.15) is 129 Å². The van der Waals surface area contributed by atoms with Crippen LogP contribution >= 0.6 is 7.82 Å². The van der Waals surface area contributed by atoms with Crippen LogP contribution in [0.2, 0.25) is 0 Å². The first kappa shape index (κ1) is 41.4. The van der Waals surface area contributed by atoms with Crippen molar-refractivity contribution in [1.29, 1.82) is 0 Å². The van der Waals surface area contributed by atoms with E-state index >= 15 is 0 Å². The van der Waals surface area contributed by atoms with Crippen LogP contribution in [0.3, 0.4) is 0 Å². The average Bonchev–Trinajstić information content (AvgIpc) is 2.99. The lowest BCUT2D eigenvalue weighted by atomic mass is 10.1. The molecule has 0 fully saturated rings. The number of hydrogen-bond donors (Lipinski definition) is 3. The summed E-state index contributed by atoms with van der Waals surface area (Å²) in [5.74, 6) is -1.01. The molecule has 0 bridgehead atoms. The number of unbranched alkanes of at least 4 members (excludes halogenated alkanes) is 12. The number of ether oxygens (including phenoxy) is 2. The van der Waals surface area contributed by atoms with Crippen molar-refractivity contribution in [1.82, 2.24) is 0 Å². The van der Waals surface area contributed by atoms with E-state index in [9.17, 15) is 24.2 Å². The Kier molecular flexibility index (Phi) is 28.1. The lowest BCUT2D eigenvalue weighted by molar-refractivity contribution is -0.161. The van der Waals surface area contributed by atoms with Crippen molar-refractivity contribution in [3.8, 4) is 0 Å². The molecule has 0 aliphatic heterocycles. The SMILES string of the molecule is CCCCCCCC/C=C/C/C=C/CCC(=O)OC(COC(=O)CCCCCCCCC)COP(=O)(O)OC[C@@H](O)CO. The smallest absolute Gasteiger partial charge is 0.462 e. The Morgan fingerprint density at radius 1 is 0.698 bits per heavy atom. The summed E-state index contributed by atoms with van der Waals surface area (Å²) in [6.07, 6.45) is 23.4. The van der Waals surface area contributed by atoms with Crippen molar-refractivity contribution in [2.24, 2.45) is 0 Å². The molecular formula is C32H59O10P. The van der Waals surface area contributed by atoms with Gasteiger partial charge < -0.3 is 24.6 Å². The monoisotopic (exact) mass is 634 g/mol. The molecule has 10 nitrogen and oxygen atoms in total. The summed E-state index contributed by atoms with van der Waals surface area (Å²) in [6, 6.07) is 0. The number of aliphatic hydroxyl groups is 2. The van der Waals surface area contributed by atoms with Gasteiger partial charge in [-0.2, -0.15) is 0 Å². The van der Waals surface area contributed by atoms with Crippen molar-refractivity contribution in [3.05, 3.63) is 24.3 Å². The predicted molar refractivity (Wildman–Crippen MR) is 168 cm³/mol. The van der Waals surface area contributed by atoms with E-state index in [-0.39, 0.29) is 19.4 Å². The van der Waals surface area contributed by atoms with Crippen molar-refractivity contribution in [2.75, 3.05) is 26.4 Å². The molecule has 0 rings (SSSR count). The topological polar surface area (TPSA) is 149 Å². The fourth-order valence-electron chi connectivity index (χ4n) is 4.04. The highest BCUT2D eigenvalue weighted by atomic mass is 31.2. The number of phosphoric acid groups is 1. The standard InChI is InChI=1S/C32H59O10P/c1-3-5-7-9-11-12-13-14-15-16-18-20-22-24-32(36)42-30(28-41-43(37,38)40-26-29(34)25-33)27-39-31(35)23-21-19-17-10-8-6-4-2/h14-15,18,20,29-30,33-34H,3-13,16-17,19,21-28H2,1-2H3,(H,37,38)/b15-14+,20-18+/t29-,30?/m0/s1. The molecule has 0 aliphatic carbocycles. The zero-order valence-electron chi connectivity index (χ0n) is 26.7. The molecule has 0 saturated heterocycles. The van der Waals surface area contributed by atoms with E-state index in [4.69, 9.17) is 19.1 Å². The Hall–Kier alpha value is -1.55. The third kappa shape index (κ3) is 28.9. The van der Waals surface area contributed by atoms with Gasteiger partial charge in [-0.1, -0.05) is 109 Å². The van der Waals surface area contributed by atoms with Crippen LogP contribution in [-0.2, 0) is 32.7 Å². The van der Waals surface area contributed by atoms with Gasteiger partial charge in [0.15, 0.2) is 6.10 Å². The molecule has 0 aromatic carbocycles. The van der Waals surface area contributed by atoms with Gasteiger partial charge in [0.2, 0.25) is 0 Å². The molecule has 0 amide bonds. The molecule has 0 aromatic heterocycles. The number of aliphatic hydroxyl groups excluding tert-OH is 2. The van der Waals surface area contributed by atoms with E-state index in [1.807, 2.05) is 12.2 Å². The summed E-state index contributed by atoms with van der Waals surface area (Å²) in [5, 5.41) is 18.2. The summed E-state index contributed by atoms with van der Waals surface area (Å²) in [4.78, 5) is 34.4. The second-order valence-electron chi connectivity index (χ2n) is 10.8. The molecule has 0 aromatic rings. The van der Waals surface area contributed by atoms with Crippen molar-refractivity contribution < 1.29 is 47.8 Å². The van der Waals surface area contributed by atoms with Crippen LogP contribution in [0.15, 0.2) is 24.3 Å². The molecular weight excluding hydrogens is 575 g/mol. The van der Waals surface area contributed by atoms with Crippen molar-refractivity contribution >= 4 is 19.8 Å². The first-order valence-corrected chi connectivity index (χ1v) is 17.8. The number of carbonyl (C=O) groups excluding carboxylic acids is 2. The van der Waals surface area contributed by atoms with Crippen molar-refractivity contribution in [2.45, 2.75) is 142 Å². The number of rotatable bonds is 30. The van der Waals surface area contributed by atoms with Gasteiger partial charge in [0.05, 0.1) is 19.8 Å². The zero-order valence-corrected chi connectivity index (χ0v) is 27.6. The fourth-order valence-corrected chi connectivity index (χ4v) is 4.83. The largest absolute Gasteiger partial charge is 0.472 e. The summed E-state index contributed by atoms with van der Waals surface area (Å²) < 4.78 is 32.2. The second-order valence-corrected chi connectivity index (χ2v) is 12.3. The minimum atomic E-state index is -4.61. The van der Waals surface area contributed by atoms with Gasteiger partial charge in [0.25, 0.3) is 0 Å². The Labute approximate surface area is 259 Å². The molecule has 43 heavy (non-hydrogen) atoms. The van der Waals surface area contributed by atoms with E-state index < -0.39 is 51.8 Å². The van der Waals surface area contributed by atoms with Crippen LogP contribution in [0.5, 0.6) is 0 Å². The highest BCUT2D eigenvalue weighted by molar-refractivity contribution is 7.47. The molecule has 2 unspecified atom stereocenters. The van der Waals surface area contributed by atoms with Crippen molar-refractivity contribution in [3.63, 3.8) is 0 Å². The van der Waals surface area contributed by atoms with Gasteiger partial charge in [-0.15, -0.1) is 0 Å². The molecule has 3 N–H and O–H groups in total. The van der Waals surface area contributed by atoms with E-state index in [1.165, 1.54) is 57.8 Å². The zero-order chi connectivity index (χ0) is 32.0. The summed E-state index contributed by atoms with van der Waals surface area (Å²) in [5.41, 5.74) is 0. The molecule has 3 atom stereocenters. The minimum Gasteiger partial charge on any atom is -0.462 e.